The first kappa shape index (κ1) is 18.9. The second kappa shape index (κ2) is 8.68. The lowest BCUT2D eigenvalue weighted by Crippen LogP contribution is -2.22. The number of hydrogen-bond acceptors (Lipinski definition) is 5. The molecular formula is C21H19N3O4. The molecule has 0 unspecified atom stereocenters. The van der Waals surface area contributed by atoms with Crippen molar-refractivity contribution in [3.8, 4) is 11.5 Å². The van der Waals surface area contributed by atoms with Crippen LogP contribution in [-0.2, 0) is 4.79 Å². The van der Waals surface area contributed by atoms with Crippen molar-refractivity contribution in [1.82, 2.24) is 0 Å². The number of anilines is 2. The van der Waals surface area contributed by atoms with Gasteiger partial charge in [-0.2, -0.15) is 0 Å². The highest BCUT2D eigenvalue weighted by atomic mass is 16.6. The van der Waals surface area contributed by atoms with E-state index in [1.807, 2.05) is 48.5 Å². The van der Waals surface area contributed by atoms with Gasteiger partial charge >= 0.3 is 0 Å². The average molecular weight is 377 g/mol. The molecule has 3 aromatic rings. The predicted molar refractivity (Wildman–Crippen MR) is 108 cm³/mol. The van der Waals surface area contributed by atoms with Gasteiger partial charge in [-0.1, -0.05) is 36.4 Å². The van der Waals surface area contributed by atoms with Crippen LogP contribution in [0.4, 0.5) is 17.1 Å². The fourth-order valence-corrected chi connectivity index (χ4v) is 2.64. The van der Waals surface area contributed by atoms with Gasteiger partial charge in [-0.15, -0.1) is 0 Å². The van der Waals surface area contributed by atoms with Crippen molar-refractivity contribution < 1.29 is 14.5 Å². The lowest BCUT2D eigenvalue weighted by atomic mass is 10.1. The Labute approximate surface area is 162 Å². The summed E-state index contributed by atoms with van der Waals surface area (Å²) < 4.78 is 5.85. The van der Waals surface area contributed by atoms with Gasteiger partial charge in [-0.25, -0.2) is 0 Å². The first-order valence-corrected chi connectivity index (χ1v) is 8.64. The Kier molecular flexibility index (Phi) is 5.86. The molecule has 2 N–H and O–H groups in total. The number of benzene rings is 3. The zero-order valence-corrected chi connectivity index (χ0v) is 15.2. The predicted octanol–water partition coefficient (Wildman–Crippen LogP) is 4.75. The summed E-state index contributed by atoms with van der Waals surface area (Å²) in [4.78, 5) is 22.9. The summed E-state index contributed by atoms with van der Waals surface area (Å²) in [6.07, 6.45) is 0. The van der Waals surface area contributed by atoms with Crippen LogP contribution >= 0.6 is 0 Å². The largest absolute Gasteiger partial charge is 0.455 e. The Morgan fingerprint density at radius 2 is 1.64 bits per heavy atom. The van der Waals surface area contributed by atoms with Crippen LogP contribution in [-0.4, -0.2) is 17.4 Å². The molecule has 7 nitrogen and oxygen atoms in total. The van der Waals surface area contributed by atoms with E-state index < -0.39 is 4.92 Å². The van der Waals surface area contributed by atoms with Gasteiger partial charge in [0.15, 0.2) is 5.75 Å². The number of nitrogens with one attached hydrogen (secondary N) is 2. The molecule has 7 heteroatoms. The molecule has 3 rings (SSSR count). The summed E-state index contributed by atoms with van der Waals surface area (Å²) in [5.41, 5.74) is 1.45. The average Bonchev–Trinajstić information content (AvgIpc) is 2.69. The maximum atomic E-state index is 12.3. The quantitative estimate of drug-likeness (QED) is 0.458. The molecule has 0 saturated heterocycles. The van der Waals surface area contributed by atoms with E-state index in [9.17, 15) is 14.9 Å². The van der Waals surface area contributed by atoms with Gasteiger partial charge in [-0.3, -0.25) is 14.9 Å². The van der Waals surface area contributed by atoms with Crippen LogP contribution in [0.15, 0.2) is 72.8 Å². The van der Waals surface area contributed by atoms with E-state index >= 15 is 0 Å². The number of hydrogen-bond donors (Lipinski definition) is 2. The number of nitrogens with zero attached hydrogens (tertiary/aromatic N) is 1. The zero-order chi connectivity index (χ0) is 19.9. The number of ether oxygens (including phenoxy) is 1. The Hall–Kier alpha value is -3.87. The highest BCUT2D eigenvalue weighted by molar-refractivity contribution is 5.95. The third-order valence-electron chi connectivity index (χ3n) is 4.07. The molecule has 0 fully saturated rings. The van der Waals surface area contributed by atoms with E-state index in [1.54, 1.807) is 19.1 Å². The van der Waals surface area contributed by atoms with Crippen molar-refractivity contribution in [1.29, 1.82) is 0 Å². The minimum absolute atomic E-state index is 0.0166. The maximum absolute atomic E-state index is 12.3. The number of nitro groups is 1. The van der Waals surface area contributed by atoms with Crippen LogP contribution < -0.4 is 15.4 Å². The normalized spacial score (nSPS) is 10.2. The van der Waals surface area contributed by atoms with E-state index in [1.165, 1.54) is 12.1 Å². The number of amides is 1. The Morgan fingerprint density at radius 1 is 0.964 bits per heavy atom. The summed E-state index contributed by atoms with van der Waals surface area (Å²) in [6, 6.07) is 21.2. The molecule has 0 aliphatic heterocycles. The summed E-state index contributed by atoms with van der Waals surface area (Å²) in [6.45, 7) is 1.58. The molecule has 0 radical (unpaired) electrons. The topological polar surface area (TPSA) is 93.5 Å². The van der Waals surface area contributed by atoms with Crippen LogP contribution in [0.2, 0.25) is 0 Å². The highest BCUT2D eigenvalue weighted by Crippen LogP contribution is 2.29. The number of nitro benzene ring substituents is 1. The van der Waals surface area contributed by atoms with Gasteiger partial charge in [0.05, 0.1) is 28.4 Å². The molecule has 3 aromatic carbocycles. The molecule has 1 amide bonds. The Bertz CT molecular complexity index is 990. The number of rotatable bonds is 7. The summed E-state index contributed by atoms with van der Waals surface area (Å²) in [5.74, 6) is 0.958. The van der Waals surface area contributed by atoms with Gasteiger partial charge in [0.1, 0.15) is 5.75 Å². The molecule has 28 heavy (non-hydrogen) atoms. The SMILES string of the molecule is Cc1c(NC(=O)CNc2ccccc2Oc2ccccc2)cccc1[N+](=O)[O-]. The second-order valence-corrected chi connectivity index (χ2v) is 6.02. The fourth-order valence-electron chi connectivity index (χ4n) is 2.64. The van der Waals surface area contributed by atoms with Gasteiger partial charge in [0, 0.05) is 6.07 Å². The molecule has 0 bridgehead atoms. The van der Waals surface area contributed by atoms with Gasteiger partial charge in [0.2, 0.25) is 5.91 Å². The number of carbonyl (C=O) groups excluding carboxylic acids is 1. The molecule has 0 aromatic heterocycles. The lowest BCUT2D eigenvalue weighted by molar-refractivity contribution is -0.385. The summed E-state index contributed by atoms with van der Waals surface area (Å²) in [5, 5.41) is 16.8. The van der Waals surface area contributed by atoms with Crippen molar-refractivity contribution in [3.63, 3.8) is 0 Å². The summed E-state index contributed by atoms with van der Waals surface area (Å²) in [7, 11) is 0. The maximum Gasteiger partial charge on any atom is 0.274 e. The minimum Gasteiger partial charge on any atom is -0.455 e. The first-order valence-electron chi connectivity index (χ1n) is 8.64. The van der Waals surface area contributed by atoms with Crippen molar-refractivity contribution in [2.24, 2.45) is 0 Å². The molecule has 0 atom stereocenters. The fraction of sp³-hybridized carbons (Fsp3) is 0.0952. The lowest BCUT2D eigenvalue weighted by Gasteiger charge is -2.13. The highest BCUT2D eigenvalue weighted by Gasteiger charge is 2.15. The summed E-state index contributed by atoms with van der Waals surface area (Å²) >= 11 is 0. The standard InChI is InChI=1S/C21H19N3O4/c1-15-17(11-7-12-19(15)24(26)27)23-21(25)14-22-18-10-5-6-13-20(18)28-16-8-3-2-4-9-16/h2-13,22H,14H2,1H3,(H,23,25). The van der Waals surface area contributed by atoms with Crippen LogP contribution in [0.25, 0.3) is 0 Å². The number of para-hydroxylation sites is 3. The van der Waals surface area contributed by atoms with Crippen LogP contribution in [0, 0.1) is 17.0 Å². The molecule has 0 aliphatic carbocycles. The smallest absolute Gasteiger partial charge is 0.274 e. The van der Waals surface area contributed by atoms with Crippen LogP contribution in [0.1, 0.15) is 5.56 Å². The third-order valence-corrected chi connectivity index (χ3v) is 4.07. The van der Waals surface area contributed by atoms with E-state index in [2.05, 4.69) is 10.6 Å². The van der Waals surface area contributed by atoms with E-state index in [4.69, 9.17) is 4.74 Å². The van der Waals surface area contributed by atoms with Gasteiger partial charge < -0.3 is 15.4 Å². The molecule has 0 heterocycles. The van der Waals surface area contributed by atoms with Crippen molar-refractivity contribution in [2.45, 2.75) is 6.92 Å². The Morgan fingerprint density at radius 3 is 2.39 bits per heavy atom. The van der Waals surface area contributed by atoms with Crippen molar-refractivity contribution in [2.75, 3.05) is 17.2 Å². The monoisotopic (exact) mass is 377 g/mol. The molecular weight excluding hydrogens is 358 g/mol. The van der Waals surface area contributed by atoms with Gasteiger partial charge in [-0.05, 0) is 37.3 Å². The molecule has 0 spiro atoms. The second-order valence-electron chi connectivity index (χ2n) is 6.02. The van der Waals surface area contributed by atoms with Crippen molar-refractivity contribution in [3.05, 3.63) is 88.5 Å². The first-order chi connectivity index (χ1) is 13.5. The van der Waals surface area contributed by atoms with E-state index in [0.717, 1.165) is 0 Å². The van der Waals surface area contributed by atoms with Crippen LogP contribution in [0.5, 0.6) is 11.5 Å². The Balaban J connectivity index is 1.66. The van der Waals surface area contributed by atoms with E-state index in [-0.39, 0.29) is 18.1 Å². The minimum atomic E-state index is -0.472. The van der Waals surface area contributed by atoms with Gasteiger partial charge in [0.25, 0.3) is 5.69 Å². The molecule has 0 saturated carbocycles. The van der Waals surface area contributed by atoms with E-state index in [0.29, 0.717) is 28.4 Å². The van der Waals surface area contributed by atoms with Crippen molar-refractivity contribution >= 4 is 23.0 Å². The zero-order valence-electron chi connectivity index (χ0n) is 15.2. The number of carbonyl (C=O) groups is 1. The van der Waals surface area contributed by atoms with Crippen LogP contribution in [0.3, 0.4) is 0 Å². The third kappa shape index (κ3) is 4.64. The molecule has 142 valence electrons. The molecule has 0 aliphatic rings.